The molecule has 110 valence electrons. The first-order valence-electron chi connectivity index (χ1n) is 6.87. The van der Waals surface area contributed by atoms with Gasteiger partial charge in [0, 0.05) is 12.0 Å². The number of esters is 1. The van der Waals surface area contributed by atoms with Crippen LogP contribution < -0.4 is 9.47 Å². The summed E-state index contributed by atoms with van der Waals surface area (Å²) in [6.45, 7) is 2.03. The Morgan fingerprint density at radius 2 is 2.29 bits per heavy atom. The third-order valence-corrected chi connectivity index (χ3v) is 3.94. The molecule has 1 heterocycles. The number of methoxy groups -OCH3 is 1. The molecule has 21 heavy (non-hydrogen) atoms. The lowest BCUT2D eigenvalue weighted by Crippen LogP contribution is -2.47. The van der Waals surface area contributed by atoms with E-state index in [1.54, 1.807) is 32.2 Å². The Labute approximate surface area is 122 Å². The second-order valence-electron chi connectivity index (χ2n) is 5.04. The maximum Gasteiger partial charge on any atom is 0.324 e. The first-order chi connectivity index (χ1) is 10.1. The fourth-order valence-electron chi connectivity index (χ4n) is 2.97. The number of benzene rings is 1. The van der Waals surface area contributed by atoms with Gasteiger partial charge in [-0.25, -0.2) is 0 Å². The van der Waals surface area contributed by atoms with E-state index in [4.69, 9.17) is 14.2 Å². The molecule has 0 radical (unpaired) electrons. The van der Waals surface area contributed by atoms with Gasteiger partial charge in [0.1, 0.15) is 6.10 Å². The summed E-state index contributed by atoms with van der Waals surface area (Å²) in [6, 6.07) is 5.38. The molecule has 5 nitrogen and oxygen atoms in total. The molecule has 0 amide bonds. The molecule has 3 rings (SSSR count). The number of allylic oxidation sites excluding steroid dienone is 1. The summed E-state index contributed by atoms with van der Waals surface area (Å²) < 4.78 is 16.4. The molecular weight excluding hydrogens is 272 g/mol. The summed E-state index contributed by atoms with van der Waals surface area (Å²) in [5, 5.41) is 0. The highest BCUT2D eigenvalue weighted by atomic mass is 16.5. The molecule has 5 heteroatoms. The van der Waals surface area contributed by atoms with E-state index in [-0.39, 0.29) is 18.8 Å². The van der Waals surface area contributed by atoms with Crippen molar-refractivity contribution in [3.05, 3.63) is 35.9 Å². The molecule has 0 bridgehead atoms. The molecule has 1 aromatic rings. The van der Waals surface area contributed by atoms with Gasteiger partial charge >= 0.3 is 5.97 Å². The van der Waals surface area contributed by atoms with Crippen LogP contribution in [-0.2, 0) is 19.7 Å². The highest BCUT2D eigenvalue weighted by Gasteiger charge is 2.57. The van der Waals surface area contributed by atoms with Crippen LogP contribution in [0.4, 0.5) is 0 Å². The molecule has 0 unspecified atom stereocenters. The van der Waals surface area contributed by atoms with Crippen LogP contribution in [0.5, 0.6) is 11.5 Å². The molecular formula is C16H16O5. The topological polar surface area (TPSA) is 61.8 Å². The highest BCUT2D eigenvalue weighted by molar-refractivity contribution is 5.98. The molecule has 0 aromatic heterocycles. The molecule has 0 saturated heterocycles. The number of carbonyl (C=O) groups excluding carboxylic acids is 2. The molecule has 1 aromatic carbocycles. The molecule has 2 aliphatic rings. The van der Waals surface area contributed by atoms with Gasteiger partial charge in [-0.1, -0.05) is 18.2 Å². The van der Waals surface area contributed by atoms with Crippen LogP contribution in [0, 0.1) is 0 Å². The fourth-order valence-corrected chi connectivity index (χ4v) is 2.97. The number of fused-ring (bicyclic) bond motifs is 3. The maximum absolute atomic E-state index is 12.6. The minimum atomic E-state index is -1.06. The van der Waals surface area contributed by atoms with Gasteiger partial charge in [0.2, 0.25) is 0 Å². The van der Waals surface area contributed by atoms with Crippen molar-refractivity contribution >= 4 is 11.8 Å². The van der Waals surface area contributed by atoms with E-state index in [9.17, 15) is 9.59 Å². The number of hydrogen-bond donors (Lipinski definition) is 0. The van der Waals surface area contributed by atoms with Crippen molar-refractivity contribution in [2.75, 3.05) is 13.7 Å². The number of carbonyl (C=O) groups is 2. The van der Waals surface area contributed by atoms with Crippen molar-refractivity contribution in [2.24, 2.45) is 0 Å². The van der Waals surface area contributed by atoms with Crippen molar-refractivity contribution in [3.63, 3.8) is 0 Å². The number of ketones is 1. The van der Waals surface area contributed by atoms with Crippen molar-refractivity contribution in [2.45, 2.75) is 24.9 Å². The predicted molar refractivity (Wildman–Crippen MR) is 74.5 cm³/mol. The Hall–Kier alpha value is -2.30. The number of rotatable bonds is 3. The van der Waals surface area contributed by atoms with Gasteiger partial charge in [-0.15, -0.1) is 0 Å². The van der Waals surface area contributed by atoms with Crippen LogP contribution in [0.15, 0.2) is 30.4 Å². The fraction of sp³-hybridized carbons (Fsp3) is 0.375. The molecule has 0 spiro atoms. The van der Waals surface area contributed by atoms with Crippen molar-refractivity contribution < 1.29 is 23.8 Å². The lowest BCUT2D eigenvalue weighted by Gasteiger charge is -2.30. The van der Waals surface area contributed by atoms with Crippen molar-refractivity contribution in [1.29, 1.82) is 0 Å². The van der Waals surface area contributed by atoms with E-state index in [1.807, 2.05) is 6.07 Å². The van der Waals surface area contributed by atoms with Crippen LogP contribution in [0.1, 0.15) is 18.9 Å². The van der Waals surface area contributed by atoms with Gasteiger partial charge in [0.15, 0.2) is 22.7 Å². The van der Waals surface area contributed by atoms with E-state index in [2.05, 4.69) is 0 Å². The lowest BCUT2D eigenvalue weighted by atomic mass is 9.72. The van der Waals surface area contributed by atoms with E-state index >= 15 is 0 Å². The van der Waals surface area contributed by atoms with Gasteiger partial charge in [0.25, 0.3) is 0 Å². The summed E-state index contributed by atoms with van der Waals surface area (Å²) in [5.41, 5.74) is -0.373. The first kappa shape index (κ1) is 13.7. The highest BCUT2D eigenvalue weighted by Crippen LogP contribution is 2.51. The average molecular weight is 288 g/mol. The minimum Gasteiger partial charge on any atom is -0.493 e. The quantitative estimate of drug-likeness (QED) is 0.793. The minimum absolute atomic E-state index is 0.0632. The summed E-state index contributed by atoms with van der Waals surface area (Å²) in [7, 11) is 1.54. The molecule has 1 aliphatic carbocycles. The second-order valence-corrected chi connectivity index (χ2v) is 5.04. The summed E-state index contributed by atoms with van der Waals surface area (Å²) in [4.78, 5) is 24.2. The van der Waals surface area contributed by atoms with E-state index in [0.717, 1.165) is 0 Å². The third kappa shape index (κ3) is 1.84. The number of para-hydroxylation sites is 1. The van der Waals surface area contributed by atoms with Gasteiger partial charge < -0.3 is 14.2 Å². The maximum atomic E-state index is 12.6. The number of ether oxygens (including phenoxy) is 3. The predicted octanol–water partition coefficient (Wildman–Crippen LogP) is 1.79. The lowest BCUT2D eigenvalue weighted by molar-refractivity contribution is -0.151. The average Bonchev–Trinajstić information content (AvgIpc) is 2.81. The van der Waals surface area contributed by atoms with E-state index in [1.165, 1.54) is 6.08 Å². The molecule has 0 N–H and O–H groups in total. The largest absolute Gasteiger partial charge is 0.493 e. The summed E-state index contributed by atoms with van der Waals surface area (Å²) in [5.74, 6) is 0.598. The Morgan fingerprint density at radius 1 is 1.48 bits per heavy atom. The zero-order valence-corrected chi connectivity index (χ0v) is 11.9. The monoisotopic (exact) mass is 288 g/mol. The van der Waals surface area contributed by atoms with E-state index in [0.29, 0.717) is 17.1 Å². The van der Waals surface area contributed by atoms with Crippen LogP contribution in [0.3, 0.4) is 0 Å². The Kier molecular flexibility index (Phi) is 3.20. The standard InChI is InChI=1S/C16H16O5/c1-3-20-15(18)16-8-7-10(17)9-13(16)21-14-11(16)5-4-6-12(14)19-2/h4-8,13H,3,9H2,1-2H3/t13-,16+/m0/s1. The zero-order valence-electron chi connectivity index (χ0n) is 11.9. The molecule has 1 aliphatic heterocycles. The summed E-state index contributed by atoms with van der Waals surface area (Å²) >= 11 is 0. The zero-order chi connectivity index (χ0) is 15.0. The number of hydrogen-bond acceptors (Lipinski definition) is 5. The first-order valence-corrected chi connectivity index (χ1v) is 6.87. The van der Waals surface area contributed by atoms with Gasteiger partial charge in [-0.3, -0.25) is 9.59 Å². The van der Waals surface area contributed by atoms with Crippen molar-refractivity contribution in [3.8, 4) is 11.5 Å². The normalized spacial score (nSPS) is 25.8. The molecule has 0 fully saturated rings. The Bertz CT molecular complexity index is 634. The Balaban J connectivity index is 2.19. The Morgan fingerprint density at radius 3 is 3.00 bits per heavy atom. The van der Waals surface area contributed by atoms with Crippen molar-refractivity contribution in [1.82, 2.24) is 0 Å². The molecule has 2 atom stereocenters. The van der Waals surface area contributed by atoms with Crippen LogP contribution in [0.25, 0.3) is 0 Å². The van der Waals surface area contributed by atoms with Crippen LogP contribution in [0.2, 0.25) is 0 Å². The van der Waals surface area contributed by atoms with Gasteiger partial charge in [-0.2, -0.15) is 0 Å². The smallest absolute Gasteiger partial charge is 0.324 e. The van der Waals surface area contributed by atoms with Gasteiger partial charge in [0.05, 0.1) is 13.7 Å². The second kappa shape index (κ2) is 4.91. The molecule has 0 saturated carbocycles. The van der Waals surface area contributed by atoms with Crippen LogP contribution in [-0.4, -0.2) is 31.6 Å². The summed E-state index contributed by atoms with van der Waals surface area (Å²) in [6.07, 6.45) is 2.60. The third-order valence-electron chi connectivity index (χ3n) is 3.94. The van der Waals surface area contributed by atoms with E-state index < -0.39 is 17.5 Å². The van der Waals surface area contributed by atoms with Crippen LogP contribution >= 0.6 is 0 Å². The SMILES string of the molecule is CCOC(=O)[C@@]12C=CC(=O)C[C@@H]1Oc1c(OC)cccc12. The van der Waals surface area contributed by atoms with Gasteiger partial charge in [-0.05, 0) is 19.1 Å².